The quantitative estimate of drug-likeness (QED) is 0.187. The molecule has 0 amide bonds. The molecule has 0 saturated heterocycles. The molecule has 0 radical (unpaired) electrons. The topological polar surface area (TPSA) is 6.48 Å². The third-order valence-electron chi connectivity index (χ3n) is 11.0. The van der Waals surface area contributed by atoms with Gasteiger partial charge < -0.3 is 4.90 Å². The van der Waals surface area contributed by atoms with Gasteiger partial charge in [0, 0.05) is 36.6 Å². The van der Waals surface area contributed by atoms with E-state index in [9.17, 15) is 0 Å². The van der Waals surface area contributed by atoms with E-state index in [1.54, 1.807) is 0 Å². The highest BCUT2D eigenvalue weighted by molar-refractivity contribution is 5.95. The average molecular weight is 629 g/mol. The van der Waals surface area contributed by atoms with Crippen molar-refractivity contribution in [3.63, 3.8) is 0 Å². The molecule has 1 spiro atoms. The molecular formula is C47H36N2. The van der Waals surface area contributed by atoms with E-state index >= 15 is 0 Å². The third-order valence-corrected chi connectivity index (χ3v) is 11.0. The number of benzene rings is 7. The van der Waals surface area contributed by atoms with E-state index in [1.807, 2.05) is 0 Å². The van der Waals surface area contributed by atoms with Gasteiger partial charge >= 0.3 is 0 Å². The molecule has 0 bridgehead atoms. The molecule has 3 aliphatic rings. The summed E-state index contributed by atoms with van der Waals surface area (Å²) in [5, 5.41) is 0. The lowest BCUT2D eigenvalue weighted by molar-refractivity contribution is 0.319. The fraction of sp³-hybridized carbons (Fsp3) is 0.106. The largest absolute Gasteiger partial charge is 0.310 e. The summed E-state index contributed by atoms with van der Waals surface area (Å²) < 4.78 is 0. The Balaban J connectivity index is 1.02. The van der Waals surface area contributed by atoms with Crippen molar-refractivity contribution < 1.29 is 0 Å². The van der Waals surface area contributed by atoms with Gasteiger partial charge in [-0.3, -0.25) is 4.90 Å². The van der Waals surface area contributed by atoms with E-state index in [2.05, 4.69) is 181 Å². The zero-order chi connectivity index (χ0) is 32.5. The van der Waals surface area contributed by atoms with Crippen LogP contribution in [0.1, 0.15) is 44.5 Å². The molecule has 0 N–H and O–H groups in total. The van der Waals surface area contributed by atoms with Crippen molar-refractivity contribution in [3.8, 4) is 22.3 Å². The number of hydrogen-bond donors (Lipinski definition) is 0. The maximum Gasteiger partial charge on any atom is 0.0725 e. The Morgan fingerprint density at radius 3 is 1.71 bits per heavy atom. The zero-order valence-corrected chi connectivity index (χ0v) is 27.6. The molecule has 0 unspecified atom stereocenters. The summed E-state index contributed by atoms with van der Waals surface area (Å²) in [5.74, 6) is 0. The number of nitrogens with zero attached hydrogens (tertiary/aromatic N) is 2. The van der Waals surface area contributed by atoms with Gasteiger partial charge in [0.25, 0.3) is 0 Å². The monoisotopic (exact) mass is 628 g/mol. The Morgan fingerprint density at radius 2 is 1.04 bits per heavy atom. The Bertz CT molecular complexity index is 2330. The van der Waals surface area contributed by atoms with Crippen molar-refractivity contribution >= 4 is 17.1 Å². The number of hydrogen-bond acceptors (Lipinski definition) is 2. The van der Waals surface area contributed by atoms with Gasteiger partial charge in [0.1, 0.15) is 0 Å². The van der Waals surface area contributed by atoms with Crippen molar-refractivity contribution in [3.05, 3.63) is 208 Å². The first kappa shape index (κ1) is 28.3. The van der Waals surface area contributed by atoms with Gasteiger partial charge in [-0.2, -0.15) is 0 Å². The zero-order valence-electron chi connectivity index (χ0n) is 27.6. The van der Waals surface area contributed by atoms with Crippen LogP contribution >= 0.6 is 0 Å². The number of para-hydroxylation sites is 2. The minimum atomic E-state index is -0.303. The fourth-order valence-corrected chi connectivity index (χ4v) is 9.17. The predicted octanol–water partition coefficient (Wildman–Crippen LogP) is 11.0. The summed E-state index contributed by atoms with van der Waals surface area (Å²) in [6, 6.07) is 61.0. The molecule has 10 rings (SSSR count). The highest BCUT2D eigenvalue weighted by Crippen LogP contribution is 2.63. The summed E-state index contributed by atoms with van der Waals surface area (Å²) in [5.41, 5.74) is 19.9. The van der Waals surface area contributed by atoms with Crippen LogP contribution in [0.5, 0.6) is 0 Å². The van der Waals surface area contributed by atoms with Gasteiger partial charge in [0.05, 0.1) is 5.41 Å². The first-order chi connectivity index (χ1) is 24.2. The fourth-order valence-electron chi connectivity index (χ4n) is 9.17. The SMILES string of the molecule is CN(Cc1cccc(N2c3ccccc3Cc3ccccc32)c1)Cc1cccc2c1-c1ccccc1C21c2ccccc2-c2ccccc21. The first-order valence-electron chi connectivity index (χ1n) is 17.4. The maximum atomic E-state index is 2.47. The van der Waals surface area contributed by atoms with E-state index in [0.717, 1.165) is 19.5 Å². The van der Waals surface area contributed by atoms with E-state index < -0.39 is 0 Å². The van der Waals surface area contributed by atoms with Crippen LogP contribution in [0.25, 0.3) is 22.3 Å². The molecule has 0 aromatic heterocycles. The van der Waals surface area contributed by atoms with Gasteiger partial charge in [-0.25, -0.2) is 0 Å². The van der Waals surface area contributed by atoms with Crippen molar-refractivity contribution in [2.75, 3.05) is 11.9 Å². The molecule has 2 aliphatic carbocycles. The minimum absolute atomic E-state index is 0.303. The standard InChI is InChI=1S/C47H36N2/c1-48(30-32-14-12-18-36(28-32)49-44-26-10-2-15-33(44)29-34-16-3-11-27-45(34)49)31-35-17-13-25-43-46(35)39-21-6-9-24-42(39)47(43)40-22-7-4-19-37(40)38-20-5-8-23-41(38)47/h2-28H,29-31H2,1H3. The van der Waals surface area contributed by atoms with Gasteiger partial charge in [0.2, 0.25) is 0 Å². The van der Waals surface area contributed by atoms with Gasteiger partial charge in [-0.05, 0) is 98.1 Å². The van der Waals surface area contributed by atoms with Crippen LogP contribution in [0.2, 0.25) is 0 Å². The molecule has 7 aromatic carbocycles. The lowest BCUT2D eigenvalue weighted by Crippen LogP contribution is -2.26. The number of anilines is 3. The summed E-state index contributed by atoms with van der Waals surface area (Å²) in [4.78, 5) is 4.91. The van der Waals surface area contributed by atoms with Crippen LogP contribution in [0.15, 0.2) is 164 Å². The molecule has 49 heavy (non-hydrogen) atoms. The molecule has 7 aromatic rings. The molecule has 0 saturated carbocycles. The Labute approximate surface area is 288 Å². The Morgan fingerprint density at radius 1 is 0.510 bits per heavy atom. The van der Waals surface area contributed by atoms with Crippen molar-refractivity contribution in [2.45, 2.75) is 24.9 Å². The minimum Gasteiger partial charge on any atom is -0.310 e. The molecule has 2 nitrogen and oxygen atoms in total. The van der Waals surface area contributed by atoms with Gasteiger partial charge in [-0.15, -0.1) is 0 Å². The molecule has 1 aliphatic heterocycles. The van der Waals surface area contributed by atoms with Crippen LogP contribution in [0.4, 0.5) is 17.1 Å². The summed E-state index contributed by atoms with van der Waals surface area (Å²) in [7, 11) is 2.26. The van der Waals surface area contributed by atoms with Crippen LogP contribution < -0.4 is 4.90 Å². The molecular weight excluding hydrogens is 593 g/mol. The molecule has 234 valence electrons. The molecule has 1 heterocycles. The number of fused-ring (bicyclic) bond motifs is 12. The summed E-state index contributed by atoms with van der Waals surface area (Å²) >= 11 is 0. The molecule has 0 fully saturated rings. The Kier molecular flexibility index (Phi) is 6.31. The predicted molar refractivity (Wildman–Crippen MR) is 202 cm³/mol. The van der Waals surface area contributed by atoms with Gasteiger partial charge in [0.15, 0.2) is 0 Å². The van der Waals surface area contributed by atoms with E-state index in [0.29, 0.717) is 0 Å². The van der Waals surface area contributed by atoms with Crippen molar-refractivity contribution in [2.24, 2.45) is 0 Å². The number of rotatable bonds is 5. The highest BCUT2D eigenvalue weighted by Gasteiger charge is 2.51. The second-order valence-electron chi connectivity index (χ2n) is 13.8. The summed E-state index contributed by atoms with van der Waals surface area (Å²) in [6.45, 7) is 1.71. The highest BCUT2D eigenvalue weighted by atomic mass is 15.2. The maximum absolute atomic E-state index is 2.47. The summed E-state index contributed by atoms with van der Waals surface area (Å²) in [6.07, 6.45) is 0.967. The van der Waals surface area contributed by atoms with E-state index in [-0.39, 0.29) is 5.41 Å². The first-order valence-corrected chi connectivity index (χ1v) is 17.4. The van der Waals surface area contributed by atoms with Crippen molar-refractivity contribution in [1.82, 2.24) is 4.90 Å². The van der Waals surface area contributed by atoms with Gasteiger partial charge in [-0.1, -0.05) is 140 Å². The molecule has 0 atom stereocenters. The second kappa shape index (κ2) is 10.9. The van der Waals surface area contributed by atoms with Crippen LogP contribution in [0, 0.1) is 0 Å². The van der Waals surface area contributed by atoms with E-state index in [4.69, 9.17) is 0 Å². The molecule has 2 heteroatoms. The smallest absolute Gasteiger partial charge is 0.0725 e. The lowest BCUT2D eigenvalue weighted by Gasteiger charge is -2.33. The van der Waals surface area contributed by atoms with Crippen molar-refractivity contribution in [1.29, 1.82) is 0 Å². The lowest BCUT2D eigenvalue weighted by atomic mass is 9.70. The normalized spacial score (nSPS) is 14.2. The second-order valence-corrected chi connectivity index (χ2v) is 13.8. The van der Waals surface area contributed by atoms with E-state index in [1.165, 1.54) is 83.8 Å². The van der Waals surface area contributed by atoms with Crippen LogP contribution in [0.3, 0.4) is 0 Å². The van der Waals surface area contributed by atoms with Crippen LogP contribution in [-0.2, 0) is 24.9 Å². The average Bonchev–Trinajstić information content (AvgIpc) is 3.62. The van der Waals surface area contributed by atoms with Crippen LogP contribution in [-0.4, -0.2) is 11.9 Å². The Hall–Kier alpha value is -5.70. The third kappa shape index (κ3) is 4.11.